The second-order valence-corrected chi connectivity index (χ2v) is 3.90. The van der Waals surface area contributed by atoms with Crippen LogP contribution in [0.3, 0.4) is 0 Å². The molecule has 0 fully saturated rings. The maximum Gasteiger partial charge on any atom is 0.242 e. The van der Waals surface area contributed by atoms with Gasteiger partial charge in [-0.05, 0) is 6.92 Å². The van der Waals surface area contributed by atoms with Gasteiger partial charge in [0.05, 0.1) is 6.61 Å². The van der Waals surface area contributed by atoms with Crippen molar-refractivity contribution in [2.45, 2.75) is 13.0 Å². The van der Waals surface area contributed by atoms with E-state index in [0.29, 0.717) is 24.8 Å². The molecule has 8 heteroatoms. The van der Waals surface area contributed by atoms with Crippen LogP contribution in [0.1, 0.15) is 6.92 Å². The number of methoxy groups -OCH3 is 1. The van der Waals surface area contributed by atoms with E-state index in [9.17, 15) is 4.79 Å². The molecule has 0 radical (unpaired) electrons. The van der Waals surface area contributed by atoms with Gasteiger partial charge in [-0.25, -0.2) is 0 Å². The highest BCUT2D eigenvalue weighted by atomic mass is 16.5. The van der Waals surface area contributed by atoms with Crippen molar-refractivity contribution in [1.82, 2.24) is 15.3 Å². The summed E-state index contributed by atoms with van der Waals surface area (Å²) in [6.07, 6.45) is 0. The third kappa shape index (κ3) is 4.96. The summed E-state index contributed by atoms with van der Waals surface area (Å²) in [5.74, 6) is 1.08. The van der Waals surface area contributed by atoms with Crippen LogP contribution in [0.15, 0.2) is 6.07 Å². The van der Waals surface area contributed by atoms with Crippen molar-refractivity contribution >= 4 is 23.5 Å². The smallest absolute Gasteiger partial charge is 0.242 e. The van der Waals surface area contributed by atoms with Crippen LogP contribution in [0.2, 0.25) is 0 Å². The maximum atomic E-state index is 11.7. The summed E-state index contributed by atoms with van der Waals surface area (Å²) in [6, 6.07) is 1.24. The minimum atomic E-state index is -0.434. The van der Waals surface area contributed by atoms with Gasteiger partial charge in [0.15, 0.2) is 0 Å². The number of ether oxygens (including phenoxy) is 1. The fourth-order valence-electron chi connectivity index (χ4n) is 1.38. The van der Waals surface area contributed by atoms with Crippen LogP contribution >= 0.6 is 0 Å². The summed E-state index contributed by atoms with van der Waals surface area (Å²) in [5, 5.41) is 8.55. The number of aromatic nitrogens is 2. The van der Waals surface area contributed by atoms with Crippen LogP contribution in [0, 0.1) is 0 Å². The van der Waals surface area contributed by atoms with E-state index in [1.54, 1.807) is 27.1 Å². The molecule has 0 spiro atoms. The van der Waals surface area contributed by atoms with Crippen LogP contribution in [0.4, 0.5) is 17.6 Å². The number of nitrogens with zero attached hydrogens (tertiary/aromatic N) is 2. The number of carbonyl (C=O) groups is 1. The molecular formula is C11H20N6O2. The van der Waals surface area contributed by atoms with Crippen molar-refractivity contribution in [3.63, 3.8) is 0 Å². The van der Waals surface area contributed by atoms with Crippen LogP contribution in [0.5, 0.6) is 0 Å². The Bertz CT molecular complexity index is 426. The second-order valence-electron chi connectivity index (χ2n) is 3.90. The van der Waals surface area contributed by atoms with Crippen molar-refractivity contribution in [3.05, 3.63) is 6.07 Å². The molecule has 1 unspecified atom stereocenters. The molecule has 5 N–H and O–H groups in total. The summed E-state index contributed by atoms with van der Waals surface area (Å²) >= 11 is 0. The van der Waals surface area contributed by atoms with E-state index in [2.05, 4.69) is 25.9 Å². The number of nitrogen functional groups attached to an aromatic ring is 1. The molecule has 0 bridgehead atoms. The van der Waals surface area contributed by atoms with Gasteiger partial charge in [-0.2, -0.15) is 9.97 Å². The zero-order chi connectivity index (χ0) is 14.3. The van der Waals surface area contributed by atoms with Crippen molar-refractivity contribution in [2.24, 2.45) is 0 Å². The first-order chi connectivity index (χ1) is 9.06. The topological polar surface area (TPSA) is 114 Å². The maximum absolute atomic E-state index is 11.7. The van der Waals surface area contributed by atoms with E-state index in [-0.39, 0.29) is 11.9 Å². The van der Waals surface area contributed by atoms with Crippen LogP contribution < -0.4 is 21.7 Å². The first-order valence-electron chi connectivity index (χ1n) is 5.92. The molecule has 8 nitrogen and oxygen atoms in total. The Balaban J connectivity index is 2.58. The number of anilines is 3. The Morgan fingerprint density at radius 1 is 1.47 bits per heavy atom. The van der Waals surface area contributed by atoms with Gasteiger partial charge < -0.3 is 26.4 Å². The molecule has 0 aliphatic heterocycles. The summed E-state index contributed by atoms with van der Waals surface area (Å²) in [6.45, 7) is 2.68. The van der Waals surface area contributed by atoms with Crippen LogP contribution in [-0.2, 0) is 9.53 Å². The lowest BCUT2D eigenvalue weighted by Crippen LogP contribution is -2.39. The Morgan fingerprint density at radius 2 is 2.16 bits per heavy atom. The average Bonchev–Trinajstić information content (AvgIpc) is 2.38. The lowest BCUT2D eigenvalue weighted by Gasteiger charge is -2.15. The first-order valence-corrected chi connectivity index (χ1v) is 5.92. The molecule has 19 heavy (non-hydrogen) atoms. The molecule has 0 saturated carbocycles. The van der Waals surface area contributed by atoms with Gasteiger partial charge in [0.2, 0.25) is 11.9 Å². The van der Waals surface area contributed by atoms with E-state index in [1.807, 2.05) is 0 Å². The Kier molecular flexibility index (Phi) is 5.80. The average molecular weight is 268 g/mol. The van der Waals surface area contributed by atoms with E-state index in [4.69, 9.17) is 10.5 Å². The monoisotopic (exact) mass is 268 g/mol. The first kappa shape index (κ1) is 15.0. The van der Waals surface area contributed by atoms with E-state index in [1.165, 1.54) is 0 Å². The Labute approximate surface area is 112 Å². The third-order valence-electron chi connectivity index (χ3n) is 2.36. The minimum Gasteiger partial charge on any atom is -0.383 e. The third-order valence-corrected chi connectivity index (χ3v) is 2.36. The van der Waals surface area contributed by atoms with Crippen molar-refractivity contribution in [2.75, 3.05) is 43.7 Å². The van der Waals surface area contributed by atoms with Gasteiger partial charge >= 0.3 is 0 Å². The molecule has 1 amide bonds. The molecule has 0 saturated heterocycles. The summed E-state index contributed by atoms with van der Waals surface area (Å²) < 4.78 is 4.86. The van der Waals surface area contributed by atoms with E-state index >= 15 is 0 Å². The Hall–Kier alpha value is -2.09. The lowest BCUT2D eigenvalue weighted by atomic mass is 10.3. The molecule has 0 aromatic carbocycles. The zero-order valence-corrected chi connectivity index (χ0v) is 11.4. The molecule has 106 valence electrons. The largest absolute Gasteiger partial charge is 0.383 e. The zero-order valence-electron chi connectivity index (χ0n) is 11.4. The predicted octanol–water partition coefficient (Wildman–Crippen LogP) is -0.336. The normalized spacial score (nSPS) is 11.7. The highest BCUT2D eigenvalue weighted by molar-refractivity contribution is 5.84. The van der Waals surface area contributed by atoms with Crippen LogP contribution in [-0.4, -0.2) is 49.2 Å². The van der Waals surface area contributed by atoms with Gasteiger partial charge in [0.1, 0.15) is 17.7 Å². The molecular weight excluding hydrogens is 248 g/mol. The van der Waals surface area contributed by atoms with Crippen molar-refractivity contribution < 1.29 is 9.53 Å². The van der Waals surface area contributed by atoms with Gasteiger partial charge in [0, 0.05) is 26.8 Å². The molecule has 0 aliphatic carbocycles. The molecule has 1 aromatic heterocycles. The van der Waals surface area contributed by atoms with Crippen molar-refractivity contribution in [1.29, 1.82) is 0 Å². The molecule has 1 rings (SSSR count). The van der Waals surface area contributed by atoms with Crippen LogP contribution in [0.25, 0.3) is 0 Å². The standard InChI is InChI=1S/C11H20N6O2/c1-7(10(18)14-4-5-19-3)15-9-6-8(13-2)16-11(12)17-9/h6-7H,4-5H2,1-3H3,(H,14,18)(H4,12,13,15,16,17). The quantitative estimate of drug-likeness (QED) is 0.500. The fraction of sp³-hybridized carbons (Fsp3) is 0.545. The number of nitrogens with two attached hydrogens (primary N) is 1. The summed E-state index contributed by atoms with van der Waals surface area (Å²) in [7, 11) is 3.31. The summed E-state index contributed by atoms with van der Waals surface area (Å²) in [4.78, 5) is 19.7. The number of nitrogens with one attached hydrogen (secondary N) is 3. The molecule has 1 atom stereocenters. The van der Waals surface area contributed by atoms with Gasteiger partial charge in [-0.1, -0.05) is 0 Å². The number of rotatable bonds is 7. The van der Waals surface area contributed by atoms with Crippen molar-refractivity contribution in [3.8, 4) is 0 Å². The highest BCUT2D eigenvalue weighted by Crippen LogP contribution is 2.12. The number of hydrogen-bond donors (Lipinski definition) is 4. The number of carbonyl (C=O) groups excluding carboxylic acids is 1. The predicted molar refractivity (Wildman–Crippen MR) is 74.0 cm³/mol. The molecule has 0 aliphatic rings. The van der Waals surface area contributed by atoms with E-state index < -0.39 is 6.04 Å². The summed E-state index contributed by atoms with van der Waals surface area (Å²) in [5.41, 5.74) is 5.57. The van der Waals surface area contributed by atoms with Gasteiger partial charge in [-0.15, -0.1) is 0 Å². The van der Waals surface area contributed by atoms with E-state index in [0.717, 1.165) is 0 Å². The SMILES string of the molecule is CNc1cc(NC(C)C(=O)NCCOC)nc(N)n1. The number of amides is 1. The molecule has 1 heterocycles. The Morgan fingerprint density at radius 3 is 2.79 bits per heavy atom. The molecule has 1 aromatic rings. The second kappa shape index (κ2) is 7.37. The van der Waals surface area contributed by atoms with Gasteiger partial charge in [0.25, 0.3) is 0 Å². The van der Waals surface area contributed by atoms with Gasteiger partial charge in [-0.3, -0.25) is 4.79 Å². The highest BCUT2D eigenvalue weighted by Gasteiger charge is 2.13. The lowest BCUT2D eigenvalue weighted by molar-refractivity contribution is -0.121. The minimum absolute atomic E-state index is 0.139. The number of hydrogen-bond acceptors (Lipinski definition) is 7. The fourth-order valence-corrected chi connectivity index (χ4v) is 1.38.